The molecule has 1 saturated heterocycles. The van der Waals surface area contributed by atoms with Crippen molar-refractivity contribution in [3.05, 3.63) is 63.5 Å². The molecule has 1 heterocycles. The minimum absolute atomic E-state index is 0.0745. The van der Waals surface area contributed by atoms with Crippen molar-refractivity contribution in [2.75, 3.05) is 11.9 Å². The predicted octanol–water partition coefficient (Wildman–Crippen LogP) is 7.40. The molecule has 3 aliphatic rings. The van der Waals surface area contributed by atoms with E-state index >= 15 is 0 Å². The Morgan fingerprint density at radius 1 is 1.03 bits per heavy atom. The van der Waals surface area contributed by atoms with E-state index in [0.29, 0.717) is 16.7 Å². The van der Waals surface area contributed by atoms with E-state index in [4.69, 9.17) is 9.73 Å². The fourth-order valence-electron chi connectivity index (χ4n) is 5.34. The van der Waals surface area contributed by atoms with E-state index in [9.17, 15) is 9.59 Å². The summed E-state index contributed by atoms with van der Waals surface area (Å²) >= 11 is 5.09. The first-order chi connectivity index (χ1) is 18.6. The number of nitrogens with one attached hydrogen (secondary N) is 1. The van der Waals surface area contributed by atoms with Crippen LogP contribution in [0.2, 0.25) is 0 Å². The van der Waals surface area contributed by atoms with Gasteiger partial charge in [0.25, 0.3) is 11.8 Å². The highest BCUT2D eigenvalue weighted by Gasteiger charge is 2.39. The lowest BCUT2D eigenvalue weighted by atomic mass is 9.94. The van der Waals surface area contributed by atoms with Crippen molar-refractivity contribution in [3.8, 4) is 5.75 Å². The second kappa shape index (κ2) is 13.0. The van der Waals surface area contributed by atoms with Crippen molar-refractivity contribution >= 4 is 56.4 Å². The fraction of sp³-hybridized carbons (Fsp3) is 0.433. The molecule has 2 amide bonds. The third-order valence-corrected chi connectivity index (χ3v) is 8.93. The topological polar surface area (TPSA) is 71.0 Å². The van der Waals surface area contributed by atoms with E-state index in [1.165, 1.54) is 50.3 Å². The Kier molecular flexibility index (Phi) is 9.22. The largest absolute Gasteiger partial charge is 0.483 e. The van der Waals surface area contributed by atoms with Gasteiger partial charge in [0.2, 0.25) is 0 Å². The van der Waals surface area contributed by atoms with Crippen LogP contribution in [0.15, 0.2) is 62.9 Å². The molecule has 5 rings (SSSR count). The molecule has 2 aromatic carbocycles. The van der Waals surface area contributed by atoms with Crippen molar-refractivity contribution in [2.45, 2.75) is 76.3 Å². The smallest absolute Gasteiger partial charge is 0.266 e. The summed E-state index contributed by atoms with van der Waals surface area (Å²) in [6, 6.07) is 15.5. The number of hydrogen-bond acceptors (Lipinski definition) is 5. The second-order valence-electron chi connectivity index (χ2n) is 10.2. The second-order valence-corrected chi connectivity index (χ2v) is 12.0. The quantitative estimate of drug-likeness (QED) is 0.338. The first kappa shape index (κ1) is 27.0. The standard InChI is InChI=1S/C30H34BrN3O3S/c31-25-18-21(16-17-26(25)37-20-28(35)32-22-10-4-1-5-11-22)19-27-29(36)34(24-14-8-3-9-15-24)30(38-27)33-23-12-6-2-7-13-23/h1,4-5,10-11,16-19,23-24H,2-3,6-9,12-15,20H2,(H,32,35). The Balaban J connectivity index is 1.28. The van der Waals surface area contributed by atoms with Crippen LogP contribution in [0.25, 0.3) is 6.08 Å². The monoisotopic (exact) mass is 595 g/mol. The predicted molar refractivity (Wildman–Crippen MR) is 158 cm³/mol. The molecular formula is C30H34BrN3O3S. The van der Waals surface area contributed by atoms with E-state index in [0.717, 1.165) is 46.6 Å². The van der Waals surface area contributed by atoms with E-state index in [1.54, 1.807) is 0 Å². The molecule has 0 bridgehead atoms. The van der Waals surface area contributed by atoms with Gasteiger partial charge in [0.15, 0.2) is 11.8 Å². The number of para-hydroxylation sites is 1. The third-order valence-electron chi connectivity index (χ3n) is 7.31. The fourth-order valence-corrected chi connectivity index (χ4v) is 6.96. The zero-order chi connectivity index (χ0) is 26.3. The van der Waals surface area contributed by atoms with Crippen LogP contribution in [0.5, 0.6) is 5.75 Å². The van der Waals surface area contributed by atoms with Crippen LogP contribution in [-0.2, 0) is 9.59 Å². The summed E-state index contributed by atoms with van der Waals surface area (Å²) in [5.74, 6) is 0.421. The maximum absolute atomic E-state index is 13.6. The average molecular weight is 597 g/mol. The molecule has 2 aliphatic carbocycles. The lowest BCUT2D eigenvalue weighted by Gasteiger charge is -2.31. The van der Waals surface area contributed by atoms with Crippen molar-refractivity contribution in [2.24, 2.45) is 4.99 Å². The van der Waals surface area contributed by atoms with Crippen LogP contribution < -0.4 is 10.1 Å². The summed E-state index contributed by atoms with van der Waals surface area (Å²) in [6.45, 7) is -0.0976. The number of amidine groups is 1. The highest BCUT2D eigenvalue weighted by Crippen LogP contribution is 2.39. The maximum atomic E-state index is 13.6. The number of anilines is 1. The normalized spacial score (nSPS) is 21.3. The molecule has 200 valence electrons. The Hall–Kier alpha value is -2.58. The van der Waals surface area contributed by atoms with Gasteiger partial charge in [-0.25, -0.2) is 0 Å². The number of nitrogens with zero attached hydrogens (tertiary/aromatic N) is 2. The van der Waals surface area contributed by atoms with E-state index in [2.05, 4.69) is 21.2 Å². The van der Waals surface area contributed by atoms with Gasteiger partial charge in [-0.15, -0.1) is 0 Å². The number of hydrogen-bond donors (Lipinski definition) is 1. The number of carbonyl (C=O) groups excluding carboxylic acids is 2. The first-order valence-corrected chi connectivity index (χ1v) is 15.3. The van der Waals surface area contributed by atoms with Gasteiger partial charge in [0.1, 0.15) is 5.75 Å². The van der Waals surface area contributed by atoms with Gasteiger partial charge in [-0.3, -0.25) is 19.5 Å². The number of thioether (sulfide) groups is 1. The molecule has 38 heavy (non-hydrogen) atoms. The van der Waals surface area contributed by atoms with Crippen LogP contribution >= 0.6 is 27.7 Å². The van der Waals surface area contributed by atoms with Crippen LogP contribution in [0.4, 0.5) is 5.69 Å². The Morgan fingerprint density at radius 2 is 1.74 bits per heavy atom. The SMILES string of the molecule is O=C(COc1ccc(C=C2SC(=NC3CCCCC3)N(C3CCCCC3)C2=O)cc1Br)Nc1ccccc1. The van der Waals surface area contributed by atoms with E-state index in [-0.39, 0.29) is 24.5 Å². The van der Waals surface area contributed by atoms with Gasteiger partial charge < -0.3 is 10.1 Å². The molecule has 2 saturated carbocycles. The summed E-state index contributed by atoms with van der Waals surface area (Å²) in [5.41, 5.74) is 1.63. The Labute approximate surface area is 237 Å². The van der Waals surface area contributed by atoms with Crippen molar-refractivity contribution in [3.63, 3.8) is 0 Å². The molecule has 6 nitrogen and oxygen atoms in total. The molecule has 0 aromatic heterocycles. The number of ether oxygens (including phenoxy) is 1. The molecule has 8 heteroatoms. The Bertz CT molecular complexity index is 1200. The number of rotatable bonds is 7. The highest BCUT2D eigenvalue weighted by atomic mass is 79.9. The number of amides is 2. The van der Waals surface area contributed by atoms with Gasteiger partial charge in [0, 0.05) is 11.7 Å². The zero-order valence-electron chi connectivity index (χ0n) is 21.5. The van der Waals surface area contributed by atoms with Gasteiger partial charge in [0.05, 0.1) is 15.4 Å². The molecule has 1 N–H and O–H groups in total. The summed E-state index contributed by atoms with van der Waals surface area (Å²) in [6.07, 6.45) is 13.6. The van der Waals surface area contributed by atoms with Crippen LogP contribution in [-0.4, -0.2) is 40.6 Å². The van der Waals surface area contributed by atoms with Gasteiger partial charge in [-0.2, -0.15) is 0 Å². The maximum Gasteiger partial charge on any atom is 0.266 e. The highest BCUT2D eigenvalue weighted by molar-refractivity contribution is 9.10. The molecule has 1 aliphatic heterocycles. The molecule has 0 radical (unpaired) electrons. The van der Waals surface area contributed by atoms with Crippen molar-refractivity contribution in [1.29, 1.82) is 0 Å². The van der Waals surface area contributed by atoms with E-state index < -0.39 is 0 Å². The van der Waals surface area contributed by atoms with Crippen molar-refractivity contribution < 1.29 is 14.3 Å². The molecule has 3 fully saturated rings. The number of halogens is 1. The molecule has 2 aromatic rings. The van der Waals surface area contributed by atoms with Gasteiger partial charge >= 0.3 is 0 Å². The molecule has 0 unspecified atom stereocenters. The van der Waals surface area contributed by atoms with Gasteiger partial charge in [-0.1, -0.05) is 62.8 Å². The number of carbonyl (C=O) groups is 2. The summed E-state index contributed by atoms with van der Waals surface area (Å²) in [5, 5.41) is 3.71. The minimum atomic E-state index is -0.227. The average Bonchev–Trinajstić information content (AvgIpc) is 3.23. The van der Waals surface area contributed by atoms with E-state index in [1.807, 2.05) is 59.5 Å². The molecular weight excluding hydrogens is 562 g/mol. The minimum Gasteiger partial charge on any atom is -0.483 e. The van der Waals surface area contributed by atoms with Gasteiger partial charge in [-0.05, 0) is 89.3 Å². The van der Waals surface area contributed by atoms with Crippen LogP contribution in [0.3, 0.4) is 0 Å². The summed E-state index contributed by atoms with van der Waals surface area (Å²) < 4.78 is 6.47. The lowest BCUT2D eigenvalue weighted by Crippen LogP contribution is -2.41. The molecule has 0 atom stereocenters. The first-order valence-electron chi connectivity index (χ1n) is 13.6. The molecule has 0 spiro atoms. The van der Waals surface area contributed by atoms with Crippen molar-refractivity contribution in [1.82, 2.24) is 4.90 Å². The zero-order valence-corrected chi connectivity index (χ0v) is 23.9. The number of benzene rings is 2. The summed E-state index contributed by atoms with van der Waals surface area (Å²) in [4.78, 5) is 33.7. The third kappa shape index (κ3) is 6.89. The Morgan fingerprint density at radius 3 is 2.45 bits per heavy atom. The summed E-state index contributed by atoms with van der Waals surface area (Å²) in [7, 11) is 0. The number of aliphatic imine (C=N–C) groups is 1. The lowest BCUT2D eigenvalue weighted by molar-refractivity contribution is -0.124. The van der Waals surface area contributed by atoms with Crippen LogP contribution in [0.1, 0.15) is 69.8 Å². The van der Waals surface area contributed by atoms with Crippen LogP contribution in [0, 0.1) is 0 Å².